The molecule has 0 amide bonds. The van der Waals surface area contributed by atoms with Crippen molar-refractivity contribution >= 4 is 50.8 Å². The predicted molar refractivity (Wildman–Crippen MR) is 201 cm³/mol. The molecule has 247 valence electrons. The molecule has 4 aromatic carbocycles. The topological polar surface area (TPSA) is 56.7 Å². The summed E-state index contributed by atoms with van der Waals surface area (Å²) in [5.41, 5.74) is 9.11. The number of pyridine rings is 2. The van der Waals surface area contributed by atoms with Gasteiger partial charge < -0.3 is 8.98 Å². The third kappa shape index (κ3) is 7.05. The molecule has 0 aliphatic rings. The van der Waals surface area contributed by atoms with Gasteiger partial charge in [-0.05, 0) is 43.3 Å². The van der Waals surface area contributed by atoms with Crippen molar-refractivity contribution in [3.05, 3.63) is 139 Å². The van der Waals surface area contributed by atoms with Crippen LogP contribution < -0.4 is 4.40 Å². The number of nitrogens with zero attached hydrogens (tertiary/aromatic N) is 4. The van der Waals surface area contributed by atoms with Crippen LogP contribution in [0.5, 0.6) is 0 Å². The minimum atomic E-state index is -1.78. The monoisotopic (exact) mass is 882 g/mol. The van der Waals surface area contributed by atoms with E-state index in [0.29, 0.717) is 5.71 Å². The van der Waals surface area contributed by atoms with E-state index in [1.807, 2.05) is 99.8 Å². The predicted octanol–water partition coefficient (Wildman–Crippen LogP) is 10.3. The summed E-state index contributed by atoms with van der Waals surface area (Å²) in [5.74, 6) is 7.33. The molecule has 49 heavy (non-hydrogen) atoms. The van der Waals surface area contributed by atoms with Crippen molar-refractivity contribution in [3.63, 3.8) is 0 Å². The summed E-state index contributed by atoms with van der Waals surface area (Å²) in [5, 5.41) is 2.02. The molecule has 0 saturated carbocycles. The van der Waals surface area contributed by atoms with Crippen molar-refractivity contribution < 1.29 is 25.9 Å². The zero-order valence-electron chi connectivity index (χ0n) is 29.5. The molecule has 1 radical (unpaired) electrons. The average Bonchev–Trinajstić information content (AvgIpc) is 3.66. The zero-order chi connectivity index (χ0) is 34.3. The second-order valence-electron chi connectivity index (χ2n) is 13.3. The Morgan fingerprint density at radius 1 is 0.816 bits per heavy atom. The van der Waals surface area contributed by atoms with Crippen molar-refractivity contribution in [2.75, 3.05) is 0 Å². The minimum Gasteiger partial charge on any atom is 0 e. The third-order valence-corrected chi connectivity index (χ3v) is 12.8. The molecule has 0 aliphatic carbocycles. The van der Waals surface area contributed by atoms with Crippen LogP contribution in [-0.4, -0.2) is 32.8 Å². The van der Waals surface area contributed by atoms with Gasteiger partial charge in [0.05, 0.1) is 22.4 Å². The van der Waals surface area contributed by atoms with E-state index in [9.17, 15) is 0 Å². The van der Waals surface area contributed by atoms with Crippen LogP contribution in [0.25, 0.3) is 61.4 Å². The van der Waals surface area contributed by atoms with Crippen LogP contribution in [-0.2, 0) is 20.1 Å². The van der Waals surface area contributed by atoms with Gasteiger partial charge in [0.1, 0.15) is 0 Å². The fourth-order valence-electron chi connectivity index (χ4n) is 5.80. The first-order valence-corrected chi connectivity index (χ1v) is 23.5. The maximum atomic E-state index is 8.02. The number of imidazole rings is 1. The smallest absolute Gasteiger partial charge is 0 e. The van der Waals surface area contributed by atoms with Gasteiger partial charge in [0.15, 0.2) is 0 Å². The second kappa shape index (κ2) is 14.2. The Labute approximate surface area is 305 Å². The van der Waals surface area contributed by atoms with Crippen molar-refractivity contribution in [3.8, 4) is 28.3 Å². The van der Waals surface area contributed by atoms with Crippen molar-refractivity contribution in [1.82, 2.24) is 19.5 Å². The molecule has 5 nitrogen and oxygen atoms in total. The van der Waals surface area contributed by atoms with E-state index in [4.69, 9.17) is 10.8 Å². The van der Waals surface area contributed by atoms with E-state index in [0.717, 1.165) is 67.0 Å². The Hall–Kier alpha value is -4.36. The van der Waals surface area contributed by atoms with Crippen LogP contribution >= 0.6 is 0 Å². The summed E-state index contributed by atoms with van der Waals surface area (Å²) in [6.07, 6.45) is 2.02. The van der Waals surface area contributed by atoms with E-state index in [1.165, 1.54) is 4.40 Å². The van der Waals surface area contributed by atoms with Crippen LogP contribution in [0.3, 0.4) is 0 Å². The standard InChI is InChI=1S/C25H16N3O.C17H22GeN.Ir/c1-16-14-15-19-18-10-7-11-20(23(18)29-25(19)26-16)24-27-21-12-5-6-13-22(21)28(24)17-8-3-2-4-9-17;1-13(2)14-6-8-15(9-7-14)17-11-10-16(12-19-17)18(3,4)5;/h2-10,12-15H,1H3;6-8,10-13H,1-5H3;/q2*-1;/i;13D;. The SMILES string of the molecule is Cc1ccc2c(n1)oc1c(-c3nc4ccccc4n3-c3ccccc3)[c-]ccc12.[2H]C(C)(C)c1c[c-]c(-c2cc[c]([Ge]([CH3])([CH3])[CH3])cn2)cc1.[Ir]. The third-order valence-electron chi connectivity index (χ3n) is 8.53. The molecule has 8 rings (SSSR count). The van der Waals surface area contributed by atoms with Gasteiger partial charge >= 0.3 is 120 Å². The number of furan rings is 1. The normalized spacial score (nSPS) is 12.0. The summed E-state index contributed by atoms with van der Waals surface area (Å²) < 4.78 is 17.8. The van der Waals surface area contributed by atoms with Crippen LogP contribution in [0.1, 0.15) is 32.4 Å². The first-order valence-electron chi connectivity index (χ1n) is 16.7. The molecule has 0 spiro atoms. The molecule has 4 aromatic heterocycles. The fourth-order valence-corrected chi connectivity index (χ4v) is 7.98. The number of rotatable bonds is 5. The molecular weight excluding hydrogens is 841 g/mol. The molecule has 0 aliphatic heterocycles. The minimum absolute atomic E-state index is 0. The first kappa shape index (κ1) is 33.2. The first-order chi connectivity index (χ1) is 23.5. The maximum absolute atomic E-state index is 8.02. The molecule has 4 heterocycles. The molecule has 7 heteroatoms. The Balaban J connectivity index is 0.000000182. The number of hydrogen-bond acceptors (Lipinski definition) is 4. The molecule has 0 saturated heterocycles. The molecule has 0 N–H and O–H groups in total. The van der Waals surface area contributed by atoms with Crippen molar-refractivity contribution in [1.29, 1.82) is 0 Å². The quantitative estimate of drug-likeness (QED) is 0.128. The van der Waals surface area contributed by atoms with E-state index in [-0.39, 0.29) is 20.1 Å². The van der Waals surface area contributed by atoms with Crippen molar-refractivity contribution in [2.45, 2.75) is 43.9 Å². The number of aromatic nitrogens is 4. The van der Waals surface area contributed by atoms with Crippen LogP contribution in [0.15, 0.2) is 120 Å². The van der Waals surface area contributed by atoms with E-state index < -0.39 is 19.2 Å². The largest absolute Gasteiger partial charge is 0 e. The van der Waals surface area contributed by atoms with Crippen LogP contribution in [0, 0.1) is 19.1 Å². The molecular formula is C42H38GeIrN4O-2. The summed E-state index contributed by atoms with van der Waals surface area (Å²) in [4.78, 5) is 14.1. The second-order valence-corrected chi connectivity index (χ2v) is 23.9. The maximum Gasteiger partial charge on any atom is 0 e. The summed E-state index contributed by atoms with van der Waals surface area (Å²) in [6.45, 7) is 5.74. The van der Waals surface area contributed by atoms with Gasteiger partial charge in [0, 0.05) is 36.9 Å². The van der Waals surface area contributed by atoms with Gasteiger partial charge in [-0.15, -0.1) is 18.2 Å². The molecule has 0 bridgehead atoms. The van der Waals surface area contributed by atoms with Gasteiger partial charge in [-0.2, -0.15) is 0 Å². The van der Waals surface area contributed by atoms with E-state index in [1.54, 1.807) is 0 Å². The summed E-state index contributed by atoms with van der Waals surface area (Å²) >= 11 is -1.78. The average molecular weight is 881 g/mol. The number of para-hydroxylation sites is 3. The van der Waals surface area contributed by atoms with Crippen molar-refractivity contribution in [2.24, 2.45) is 0 Å². The van der Waals surface area contributed by atoms with Gasteiger partial charge in [-0.1, -0.05) is 41.3 Å². The molecule has 0 unspecified atom stereocenters. The fraction of sp³-hybridized carbons (Fsp3) is 0.167. The summed E-state index contributed by atoms with van der Waals surface area (Å²) in [7, 11) is 0. The van der Waals surface area contributed by atoms with Gasteiger partial charge in [0.25, 0.3) is 0 Å². The van der Waals surface area contributed by atoms with Gasteiger partial charge in [0.2, 0.25) is 5.71 Å². The Morgan fingerprint density at radius 3 is 2.29 bits per heavy atom. The Bertz CT molecular complexity index is 2350. The van der Waals surface area contributed by atoms with Crippen LogP contribution in [0.2, 0.25) is 17.3 Å². The van der Waals surface area contributed by atoms with Gasteiger partial charge in [-0.25, -0.2) is 4.98 Å². The van der Waals surface area contributed by atoms with E-state index >= 15 is 0 Å². The molecule has 0 atom stereocenters. The summed E-state index contributed by atoms with van der Waals surface area (Å²) in [6, 6.07) is 43.3. The Morgan fingerprint density at radius 2 is 1.59 bits per heavy atom. The van der Waals surface area contributed by atoms with Crippen LogP contribution in [0.4, 0.5) is 0 Å². The number of aryl methyl sites for hydroxylation is 1. The van der Waals surface area contributed by atoms with Gasteiger partial charge in [-0.3, -0.25) is 4.98 Å². The zero-order valence-corrected chi connectivity index (χ0v) is 33.0. The Kier molecular flexibility index (Phi) is 9.64. The molecule has 0 fully saturated rings. The van der Waals surface area contributed by atoms with E-state index in [2.05, 4.69) is 80.3 Å². The number of hydrogen-bond donors (Lipinski definition) is 0. The number of benzene rings is 4. The molecule has 8 aromatic rings. The number of fused-ring (bicyclic) bond motifs is 4.